The SMILES string of the molecule is CC1CC(=O)c2cc(C(=O)Nc3ccc(N4CCCC4)cc3)c(=O)[nH]c2C1. The van der Waals surface area contributed by atoms with E-state index in [1.165, 1.54) is 18.9 Å². The van der Waals surface area contributed by atoms with Crippen molar-refractivity contribution in [1.29, 1.82) is 0 Å². The molecular weight excluding hydrogens is 342 g/mol. The first-order valence-electron chi connectivity index (χ1n) is 9.47. The molecule has 1 atom stereocenters. The van der Waals surface area contributed by atoms with Crippen molar-refractivity contribution in [3.05, 3.63) is 57.5 Å². The molecule has 27 heavy (non-hydrogen) atoms. The van der Waals surface area contributed by atoms with Crippen molar-refractivity contribution in [3.8, 4) is 0 Å². The van der Waals surface area contributed by atoms with Gasteiger partial charge in [0.1, 0.15) is 5.56 Å². The Morgan fingerprint density at radius 2 is 1.81 bits per heavy atom. The predicted molar refractivity (Wildman–Crippen MR) is 105 cm³/mol. The van der Waals surface area contributed by atoms with Crippen molar-refractivity contribution < 1.29 is 9.59 Å². The molecule has 1 fully saturated rings. The summed E-state index contributed by atoms with van der Waals surface area (Å²) in [6.45, 7) is 4.09. The van der Waals surface area contributed by atoms with Crippen LogP contribution in [-0.4, -0.2) is 29.8 Å². The molecule has 1 unspecified atom stereocenters. The summed E-state index contributed by atoms with van der Waals surface area (Å²) in [6, 6.07) is 9.07. The number of aromatic nitrogens is 1. The number of ketones is 1. The minimum atomic E-state index is -0.501. The monoisotopic (exact) mass is 365 g/mol. The minimum Gasteiger partial charge on any atom is -0.372 e. The van der Waals surface area contributed by atoms with Crippen LogP contribution < -0.4 is 15.8 Å². The van der Waals surface area contributed by atoms with E-state index in [1.807, 2.05) is 31.2 Å². The lowest BCUT2D eigenvalue weighted by molar-refractivity contribution is 0.0952. The van der Waals surface area contributed by atoms with Crippen LogP contribution in [0.2, 0.25) is 0 Å². The van der Waals surface area contributed by atoms with Gasteiger partial charge in [0.15, 0.2) is 5.78 Å². The lowest BCUT2D eigenvalue weighted by Crippen LogP contribution is -2.29. The lowest BCUT2D eigenvalue weighted by atomic mass is 9.86. The van der Waals surface area contributed by atoms with Crippen molar-refractivity contribution in [1.82, 2.24) is 4.98 Å². The van der Waals surface area contributed by atoms with Crippen molar-refractivity contribution in [2.45, 2.75) is 32.6 Å². The van der Waals surface area contributed by atoms with Crippen LogP contribution in [0.5, 0.6) is 0 Å². The van der Waals surface area contributed by atoms with E-state index < -0.39 is 11.5 Å². The van der Waals surface area contributed by atoms with Crippen LogP contribution in [0, 0.1) is 5.92 Å². The molecular formula is C21H23N3O3. The van der Waals surface area contributed by atoms with Crippen molar-refractivity contribution in [2.75, 3.05) is 23.3 Å². The molecule has 1 saturated heterocycles. The predicted octanol–water partition coefficient (Wildman–Crippen LogP) is 2.99. The van der Waals surface area contributed by atoms with E-state index in [2.05, 4.69) is 15.2 Å². The number of H-pyrrole nitrogens is 1. The Morgan fingerprint density at radius 3 is 2.52 bits per heavy atom. The summed E-state index contributed by atoms with van der Waals surface area (Å²) >= 11 is 0. The van der Waals surface area contributed by atoms with Gasteiger partial charge in [0, 0.05) is 42.1 Å². The fourth-order valence-corrected chi connectivity index (χ4v) is 3.92. The summed E-state index contributed by atoms with van der Waals surface area (Å²) in [4.78, 5) is 42.2. The molecule has 2 aliphatic rings. The summed E-state index contributed by atoms with van der Waals surface area (Å²) in [5, 5.41) is 2.76. The third-order valence-corrected chi connectivity index (χ3v) is 5.35. The Bertz CT molecular complexity index is 940. The van der Waals surface area contributed by atoms with Gasteiger partial charge in [-0.2, -0.15) is 0 Å². The van der Waals surface area contributed by atoms with E-state index in [9.17, 15) is 14.4 Å². The second-order valence-corrected chi connectivity index (χ2v) is 7.54. The number of fused-ring (bicyclic) bond motifs is 1. The van der Waals surface area contributed by atoms with Crippen molar-refractivity contribution in [3.63, 3.8) is 0 Å². The highest BCUT2D eigenvalue weighted by Gasteiger charge is 2.25. The number of amides is 1. The smallest absolute Gasteiger partial charge is 0.261 e. The number of Topliss-reactive ketones (excluding diaryl/α,β-unsaturated/α-hetero) is 1. The molecule has 2 N–H and O–H groups in total. The normalized spacial score (nSPS) is 19.1. The number of aromatic amines is 1. The molecule has 1 aliphatic carbocycles. The minimum absolute atomic E-state index is 0.0241. The second kappa shape index (κ2) is 7.02. The molecule has 0 radical (unpaired) electrons. The first-order valence-corrected chi connectivity index (χ1v) is 9.47. The number of nitrogens with one attached hydrogen (secondary N) is 2. The number of carbonyl (C=O) groups is 2. The summed E-state index contributed by atoms with van der Waals surface area (Å²) < 4.78 is 0. The maximum atomic E-state index is 12.6. The molecule has 1 aromatic carbocycles. The van der Waals surface area contributed by atoms with Crippen LogP contribution >= 0.6 is 0 Å². The third kappa shape index (κ3) is 3.52. The molecule has 140 valence electrons. The lowest BCUT2D eigenvalue weighted by Gasteiger charge is -2.20. The molecule has 2 aromatic rings. The Kier molecular flexibility index (Phi) is 4.56. The van der Waals surface area contributed by atoms with Gasteiger partial charge < -0.3 is 15.2 Å². The van der Waals surface area contributed by atoms with Crippen LogP contribution in [0.4, 0.5) is 11.4 Å². The van der Waals surface area contributed by atoms with Gasteiger partial charge in [0.25, 0.3) is 11.5 Å². The van der Waals surface area contributed by atoms with E-state index in [1.54, 1.807) is 0 Å². The van der Waals surface area contributed by atoms with Crippen LogP contribution in [-0.2, 0) is 6.42 Å². The number of nitrogens with zero attached hydrogens (tertiary/aromatic N) is 1. The van der Waals surface area contributed by atoms with Crippen LogP contribution in [0.3, 0.4) is 0 Å². The average molecular weight is 365 g/mol. The van der Waals surface area contributed by atoms with E-state index in [0.717, 1.165) is 18.8 Å². The molecule has 0 saturated carbocycles. The topological polar surface area (TPSA) is 82.3 Å². The summed E-state index contributed by atoms with van der Waals surface area (Å²) in [7, 11) is 0. The Balaban J connectivity index is 1.54. The van der Waals surface area contributed by atoms with Gasteiger partial charge >= 0.3 is 0 Å². The Hall–Kier alpha value is -2.89. The fraction of sp³-hybridized carbons (Fsp3) is 0.381. The standard InChI is InChI=1S/C21H23N3O3/c1-13-10-18-16(19(25)11-13)12-17(21(27)23-18)20(26)22-14-4-6-15(7-5-14)24-8-2-3-9-24/h4-7,12-13H,2-3,8-11H2,1H3,(H,22,26)(H,23,27). The zero-order valence-corrected chi connectivity index (χ0v) is 15.4. The van der Waals surface area contributed by atoms with Crippen LogP contribution in [0.25, 0.3) is 0 Å². The summed E-state index contributed by atoms with van der Waals surface area (Å²) in [5.74, 6) is -0.321. The molecule has 0 bridgehead atoms. The highest BCUT2D eigenvalue weighted by Crippen LogP contribution is 2.24. The number of benzene rings is 1. The van der Waals surface area contributed by atoms with E-state index in [-0.39, 0.29) is 17.3 Å². The molecule has 1 aromatic heterocycles. The fourth-order valence-electron chi connectivity index (χ4n) is 3.92. The molecule has 0 spiro atoms. The van der Waals surface area contributed by atoms with E-state index in [0.29, 0.717) is 29.8 Å². The zero-order valence-electron chi connectivity index (χ0n) is 15.4. The largest absolute Gasteiger partial charge is 0.372 e. The van der Waals surface area contributed by atoms with Crippen molar-refractivity contribution in [2.24, 2.45) is 5.92 Å². The quantitative estimate of drug-likeness (QED) is 0.876. The maximum Gasteiger partial charge on any atom is 0.261 e. The molecule has 6 nitrogen and oxygen atoms in total. The first-order chi connectivity index (χ1) is 13.0. The third-order valence-electron chi connectivity index (χ3n) is 5.35. The van der Waals surface area contributed by atoms with Gasteiger partial charge in [-0.25, -0.2) is 0 Å². The molecule has 1 aliphatic heterocycles. The number of carbonyl (C=O) groups excluding carboxylic acids is 2. The summed E-state index contributed by atoms with van der Waals surface area (Å²) in [5.41, 5.74) is 2.37. The number of rotatable bonds is 3. The molecule has 1 amide bonds. The maximum absolute atomic E-state index is 12.6. The number of hydrogen-bond donors (Lipinski definition) is 2. The van der Waals surface area contributed by atoms with Crippen LogP contribution in [0.1, 0.15) is 52.6 Å². The van der Waals surface area contributed by atoms with Gasteiger partial charge in [-0.15, -0.1) is 0 Å². The van der Waals surface area contributed by atoms with Gasteiger partial charge in [0.2, 0.25) is 0 Å². The van der Waals surface area contributed by atoms with Gasteiger partial charge in [-0.3, -0.25) is 14.4 Å². The number of pyridine rings is 1. The van der Waals surface area contributed by atoms with E-state index >= 15 is 0 Å². The Morgan fingerprint density at radius 1 is 1.11 bits per heavy atom. The molecule has 4 rings (SSSR count). The first kappa shape index (κ1) is 17.5. The average Bonchev–Trinajstić information content (AvgIpc) is 3.16. The number of hydrogen-bond acceptors (Lipinski definition) is 4. The van der Waals surface area contributed by atoms with Gasteiger partial charge in [0.05, 0.1) is 0 Å². The van der Waals surface area contributed by atoms with E-state index in [4.69, 9.17) is 0 Å². The van der Waals surface area contributed by atoms with Crippen LogP contribution in [0.15, 0.2) is 35.1 Å². The van der Waals surface area contributed by atoms with Crippen molar-refractivity contribution >= 4 is 23.1 Å². The second-order valence-electron chi connectivity index (χ2n) is 7.54. The summed E-state index contributed by atoms with van der Waals surface area (Å²) in [6.07, 6.45) is 3.50. The molecule has 6 heteroatoms. The number of anilines is 2. The van der Waals surface area contributed by atoms with Gasteiger partial charge in [-0.1, -0.05) is 6.92 Å². The Labute approximate surface area is 157 Å². The van der Waals surface area contributed by atoms with Gasteiger partial charge in [-0.05, 0) is 55.5 Å². The highest BCUT2D eigenvalue weighted by atomic mass is 16.2. The highest BCUT2D eigenvalue weighted by molar-refractivity contribution is 6.06. The molecule has 2 heterocycles. The zero-order chi connectivity index (χ0) is 19.0.